The SMILES string of the molecule is CCN(C)[C@@H]1CNC[C@@H]1O.Cl.Cl. The first-order valence-corrected chi connectivity index (χ1v) is 3.84. The van der Waals surface area contributed by atoms with Crippen molar-refractivity contribution in [1.82, 2.24) is 10.2 Å². The van der Waals surface area contributed by atoms with Crippen LogP contribution in [0.25, 0.3) is 0 Å². The van der Waals surface area contributed by atoms with Gasteiger partial charge < -0.3 is 10.4 Å². The van der Waals surface area contributed by atoms with E-state index in [9.17, 15) is 5.11 Å². The average molecular weight is 217 g/mol. The fraction of sp³-hybridized carbons (Fsp3) is 1.00. The molecule has 2 atom stereocenters. The number of rotatable bonds is 2. The van der Waals surface area contributed by atoms with Crippen LogP contribution in [0.4, 0.5) is 0 Å². The fourth-order valence-corrected chi connectivity index (χ4v) is 1.34. The Morgan fingerprint density at radius 1 is 1.42 bits per heavy atom. The first-order valence-electron chi connectivity index (χ1n) is 3.84. The summed E-state index contributed by atoms with van der Waals surface area (Å²) in [6.45, 7) is 4.77. The first-order chi connectivity index (χ1) is 4.75. The molecule has 1 aliphatic rings. The number of likely N-dealkylation sites (N-methyl/N-ethyl adjacent to an activating group) is 1. The predicted molar refractivity (Wildman–Crippen MR) is 55.5 cm³/mol. The molecule has 0 aromatic heterocycles. The van der Waals surface area contributed by atoms with E-state index in [2.05, 4.69) is 17.1 Å². The van der Waals surface area contributed by atoms with Gasteiger partial charge in [0.15, 0.2) is 0 Å². The molecule has 0 spiro atoms. The summed E-state index contributed by atoms with van der Waals surface area (Å²) in [6.07, 6.45) is -0.176. The zero-order valence-electron chi connectivity index (χ0n) is 7.49. The van der Waals surface area contributed by atoms with Crippen LogP contribution in [0.2, 0.25) is 0 Å². The Morgan fingerprint density at radius 3 is 2.33 bits per heavy atom. The van der Waals surface area contributed by atoms with E-state index in [4.69, 9.17) is 0 Å². The Morgan fingerprint density at radius 2 is 2.00 bits per heavy atom. The molecule has 0 saturated carbocycles. The fourth-order valence-electron chi connectivity index (χ4n) is 1.34. The summed E-state index contributed by atoms with van der Waals surface area (Å²) in [5.41, 5.74) is 0. The summed E-state index contributed by atoms with van der Waals surface area (Å²) >= 11 is 0. The number of hydrogen-bond acceptors (Lipinski definition) is 3. The molecule has 0 unspecified atom stereocenters. The minimum atomic E-state index is -0.176. The molecule has 3 nitrogen and oxygen atoms in total. The predicted octanol–water partition coefficient (Wildman–Crippen LogP) is 0.114. The van der Waals surface area contributed by atoms with Crippen LogP contribution < -0.4 is 5.32 Å². The van der Waals surface area contributed by atoms with Gasteiger partial charge in [0.1, 0.15) is 0 Å². The maximum Gasteiger partial charge on any atom is 0.0831 e. The third-order valence-corrected chi connectivity index (χ3v) is 2.22. The summed E-state index contributed by atoms with van der Waals surface area (Å²) in [5, 5.41) is 12.5. The molecule has 1 fully saturated rings. The molecule has 0 aromatic carbocycles. The normalized spacial score (nSPS) is 28.0. The zero-order valence-corrected chi connectivity index (χ0v) is 9.12. The Labute approximate surface area is 86.3 Å². The lowest BCUT2D eigenvalue weighted by Gasteiger charge is -2.24. The highest BCUT2D eigenvalue weighted by atomic mass is 35.5. The molecule has 76 valence electrons. The summed E-state index contributed by atoms with van der Waals surface area (Å²) < 4.78 is 0. The van der Waals surface area contributed by atoms with Crippen LogP contribution >= 0.6 is 24.8 Å². The topological polar surface area (TPSA) is 35.5 Å². The molecule has 12 heavy (non-hydrogen) atoms. The molecule has 1 heterocycles. The van der Waals surface area contributed by atoms with Crippen LogP contribution in [0, 0.1) is 0 Å². The quantitative estimate of drug-likeness (QED) is 0.689. The average Bonchev–Trinajstić information content (AvgIpc) is 2.34. The van der Waals surface area contributed by atoms with Gasteiger partial charge in [-0.2, -0.15) is 0 Å². The van der Waals surface area contributed by atoms with Gasteiger partial charge in [-0.1, -0.05) is 6.92 Å². The lowest BCUT2D eigenvalue weighted by molar-refractivity contribution is 0.103. The standard InChI is InChI=1S/C7H16N2O.2ClH/c1-3-9(2)6-4-8-5-7(6)10;;/h6-8,10H,3-5H2,1-2H3;2*1H/t6-,7+;;/m1../s1. The van der Waals surface area contributed by atoms with Gasteiger partial charge in [0.05, 0.1) is 6.10 Å². The van der Waals surface area contributed by atoms with Crippen molar-refractivity contribution in [2.75, 3.05) is 26.7 Å². The number of aliphatic hydroxyl groups excluding tert-OH is 1. The minimum Gasteiger partial charge on any atom is -0.390 e. The first kappa shape index (κ1) is 15.0. The van der Waals surface area contributed by atoms with Crippen molar-refractivity contribution >= 4 is 24.8 Å². The van der Waals surface area contributed by atoms with E-state index in [0.29, 0.717) is 6.04 Å². The third-order valence-electron chi connectivity index (χ3n) is 2.22. The number of nitrogens with one attached hydrogen (secondary N) is 1. The molecule has 0 radical (unpaired) electrons. The Balaban J connectivity index is 0. The Hall–Kier alpha value is 0.460. The Bertz CT molecular complexity index is 116. The highest BCUT2D eigenvalue weighted by molar-refractivity contribution is 5.85. The van der Waals surface area contributed by atoms with E-state index >= 15 is 0 Å². The second kappa shape index (κ2) is 6.92. The van der Waals surface area contributed by atoms with Gasteiger partial charge >= 0.3 is 0 Å². The van der Waals surface area contributed by atoms with E-state index in [-0.39, 0.29) is 30.9 Å². The van der Waals surface area contributed by atoms with E-state index < -0.39 is 0 Å². The van der Waals surface area contributed by atoms with Crippen LogP contribution in [0.15, 0.2) is 0 Å². The van der Waals surface area contributed by atoms with Crippen LogP contribution in [0.5, 0.6) is 0 Å². The van der Waals surface area contributed by atoms with Gasteiger partial charge in [-0.3, -0.25) is 4.90 Å². The van der Waals surface area contributed by atoms with Gasteiger partial charge in [-0.15, -0.1) is 24.8 Å². The van der Waals surface area contributed by atoms with Crippen LogP contribution in [-0.4, -0.2) is 48.8 Å². The van der Waals surface area contributed by atoms with Crippen molar-refractivity contribution in [2.45, 2.75) is 19.1 Å². The Kier molecular flexibility index (Phi) is 8.63. The van der Waals surface area contributed by atoms with E-state index in [1.807, 2.05) is 7.05 Å². The van der Waals surface area contributed by atoms with E-state index in [0.717, 1.165) is 19.6 Å². The molecule has 0 amide bonds. The third kappa shape index (κ3) is 3.46. The minimum absolute atomic E-state index is 0. The lowest BCUT2D eigenvalue weighted by Crippen LogP contribution is -2.40. The maximum atomic E-state index is 9.39. The number of aliphatic hydroxyl groups is 1. The zero-order chi connectivity index (χ0) is 7.56. The molecular formula is C7H18Cl2N2O. The van der Waals surface area contributed by atoms with E-state index in [1.54, 1.807) is 0 Å². The van der Waals surface area contributed by atoms with E-state index in [1.165, 1.54) is 0 Å². The summed E-state index contributed by atoms with van der Waals surface area (Å²) in [5.74, 6) is 0. The second-order valence-corrected chi connectivity index (χ2v) is 2.87. The molecule has 2 N–H and O–H groups in total. The summed E-state index contributed by atoms with van der Waals surface area (Å²) in [7, 11) is 2.04. The highest BCUT2D eigenvalue weighted by Gasteiger charge is 2.27. The molecule has 5 heteroatoms. The molecular weight excluding hydrogens is 199 g/mol. The molecule has 0 aromatic rings. The summed E-state index contributed by atoms with van der Waals surface area (Å²) in [6, 6.07) is 0.324. The molecule has 1 saturated heterocycles. The highest BCUT2D eigenvalue weighted by Crippen LogP contribution is 2.05. The molecule has 0 bridgehead atoms. The molecule has 0 aliphatic carbocycles. The van der Waals surface area contributed by atoms with Crippen molar-refractivity contribution in [2.24, 2.45) is 0 Å². The van der Waals surface area contributed by atoms with Crippen molar-refractivity contribution in [1.29, 1.82) is 0 Å². The van der Waals surface area contributed by atoms with Gasteiger partial charge in [-0.05, 0) is 13.6 Å². The number of halogens is 2. The smallest absolute Gasteiger partial charge is 0.0831 e. The largest absolute Gasteiger partial charge is 0.390 e. The van der Waals surface area contributed by atoms with Crippen LogP contribution in [-0.2, 0) is 0 Å². The molecule has 1 aliphatic heterocycles. The summed E-state index contributed by atoms with van der Waals surface area (Å²) in [4.78, 5) is 2.17. The number of β-amino-alcohol motifs (C(OH)–C–C–N with tert-alkyl or cyclic N) is 1. The monoisotopic (exact) mass is 216 g/mol. The second-order valence-electron chi connectivity index (χ2n) is 2.87. The van der Waals surface area contributed by atoms with Crippen molar-refractivity contribution < 1.29 is 5.11 Å². The van der Waals surface area contributed by atoms with Crippen molar-refractivity contribution in [3.05, 3.63) is 0 Å². The van der Waals surface area contributed by atoms with Crippen LogP contribution in [0.3, 0.4) is 0 Å². The van der Waals surface area contributed by atoms with Gasteiger partial charge in [0.25, 0.3) is 0 Å². The maximum absolute atomic E-state index is 9.39. The van der Waals surface area contributed by atoms with Gasteiger partial charge in [-0.25, -0.2) is 0 Å². The van der Waals surface area contributed by atoms with Crippen molar-refractivity contribution in [3.8, 4) is 0 Å². The number of nitrogens with zero attached hydrogens (tertiary/aromatic N) is 1. The van der Waals surface area contributed by atoms with Gasteiger partial charge in [0.2, 0.25) is 0 Å². The van der Waals surface area contributed by atoms with Crippen molar-refractivity contribution in [3.63, 3.8) is 0 Å². The van der Waals surface area contributed by atoms with Gasteiger partial charge in [0, 0.05) is 19.1 Å². The lowest BCUT2D eigenvalue weighted by atomic mass is 10.2. The number of hydrogen-bond donors (Lipinski definition) is 2. The molecule has 1 rings (SSSR count). The van der Waals surface area contributed by atoms with Crippen LogP contribution in [0.1, 0.15) is 6.92 Å².